The summed E-state index contributed by atoms with van der Waals surface area (Å²) in [7, 11) is 0. The summed E-state index contributed by atoms with van der Waals surface area (Å²) in [5, 5.41) is 5.63. The quantitative estimate of drug-likeness (QED) is 0.876. The van der Waals surface area contributed by atoms with Gasteiger partial charge >= 0.3 is 0 Å². The molecule has 2 atom stereocenters. The minimum atomic E-state index is 0.943. The van der Waals surface area contributed by atoms with Gasteiger partial charge in [0.2, 0.25) is 0 Å². The van der Waals surface area contributed by atoms with E-state index < -0.39 is 0 Å². The maximum Gasteiger partial charge on any atom is 0.0327 e. The molecule has 1 fully saturated rings. The van der Waals surface area contributed by atoms with Crippen molar-refractivity contribution in [1.82, 2.24) is 5.32 Å². The summed E-state index contributed by atoms with van der Waals surface area (Å²) in [6.45, 7) is 4.53. The molecule has 0 saturated heterocycles. The van der Waals surface area contributed by atoms with Gasteiger partial charge in [0.05, 0.1) is 0 Å². The van der Waals surface area contributed by atoms with E-state index in [0.717, 1.165) is 18.4 Å². The van der Waals surface area contributed by atoms with E-state index in [1.807, 2.05) is 11.3 Å². The lowest BCUT2D eigenvalue weighted by Crippen LogP contribution is -2.16. The first kappa shape index (κ1) is 9.69. The molecular formula is C10H14BrNS. The molecule has 2 unspecified atom stereocenters. The van der Waals surface area contributed by atoms with Gasteiger partial charge < -0.3 is 5.32 Å². The van der Waals surface area contributed by atoms with Crippen molar-refractivity contribution in [2.75, 3.05) is 6.54 Å². The standard InChI is InChI=1S/C10H14BrNS/c1-7-4-8(7)5-12-6-10-9(11)2-3-13-10/h2-3,7-8,12H,4-6H2,1H3. The van der Waals surface area contributed by atoms with Gasteiger partial charge in [0, 0.05) is 15.9 Å². The fourth-order valence-electron chi connectivity index (χ4n) is 1.51. The molecule has 1 N–H and O–H groups in total. The molecule has 0 radical (unpaired) electrons. The second-order valence-electron chi connectivity index (χ2n) is 3.80. The van der Waals surface area contributed by atoms with E-state index in [-0.39, 0.29) is 0 Å². The first-order chi connectivity index (χ1) is 6.27. The van der Waals surface area contributed by atoms with Crippen molar-refractivity contribution in [3.63, 3.8) is 0 Å². The molecule has 1 aromatic heterocycles. The van der Waals surface area contributed by atoms with Crippen molar-refractivity contribution in [3.8, 4) is 0 Å². The predicted molar refractivity (Wildman–Crippen MR) is 61.0 cm³/mol. The van der Waals surface area contributed by atoms with Crippen LogP contribution in [0.1, 0.15) is 18.2 Å². The van der Waals surface area contributed by atoms with Crippen LogP contribution in [0.3, 0.4) is 0 Å². The van der Waals surface area contributed by atoms with Crippen LogP contribution in [0.4, 0.5) is 0 Å². The summed E-state index contributed by atoms with van der Waals surface area (Å²) in [5.74, 6) is 1.90. The van der Waals surface area contributed by atoms with Gasteiger partial charge in [-0.05, 0) is 52.2 Å². The van der Waals surface area contributed by atoms with E-state index in [1.165, 1.54) is 22.3 Å². The Balaban J connectivity index is 1.71. The monoisotopic (exact) mass is 259 g/mol. The van der Waals surface area contributed by atoms with Crippen LogP contribution in [0, 0.1) is 11.8 Å². The smallest absolute Gasteiger partial charge is 0.0327 e. The maximum absolute atomic E-state index is 3.53. The third-order valence-electron chi connectivity index (χ3n) is 2.66. The molecule has 1 aliphatic carbocycles. The van der Waals surface area contributed by atoms with E-state index in [0.29, 0.717) is 0 Å². The van der Waals surface area contributed by atoms with Crippen molar-refractivity contribution >= 4 is 27.3 Å². The third-order valence-corrected chi connectivity index (χ3v) is 4.59. The average Bonchev–Trinajstić information content (AvgIpc) is 2.63. The number of rotatable bonds is 4. The summed E-state index contributed by atoms with van der Waals surface area (Å²) in [6, 6.07) is 2.11. The van der Waals surface area contributed by atoms with Crippen molar-refractivity contribution < 1.29 is 0 Å². The van der Waals surface area contributed by atoms with Crippen molar-refractivity contribution in [3.05, 3.63) is 20.8 Å². The predicted octanol–water partition coefficient (Wildman–Crippen LogP) is 3.26. The summed E-state index contributed by atoms with van der Waals surface area (Å²) >= 11 is 5.34. The molecule has 0 amide bonds. The number of hydrogen-bond acceptors (Lipinski definition) is 2. The van der Waals surface area contributed by atoms with Gasteiger partial charge in [-0.25, -0.2) is 0 Å². The van der Waals surface area contributed by atoms with Gasteiger partial charge in [-0.3, -0.25) is 0 Å². The molecule has 3 heteroatoms. The van der Waals surface area contributed by atoms with Crippen LogP contribution >= 0.6 is 27.3 Å². The molecule has 1 nitrogen and oxygen atoms in total. The van der Waals surface area contributed by atoms with Gasteiger partial charge in [0.15, 0.2) is 0 Å². The van der Waals surface area contributed by atoms with E-state index in [4.69, 9.17) is 0 Å². The Kier molecular flexibility index (Phi) is 3.06. The van der Waals surface area contributed by atoms with Gasteiger partial charge in [-0.1, -0.05) is 6.92 Å². The molecule has 13 heavy (non-hydrogen) atoms. The zero-order valence-electron chi connectivity index (χ0n) is 7.72. The molecule has 2 rings (SSSR count). The van der Waals surface area contributed by atoms with E-state index in [2.05, 4.69) is 39.6 Å². The lowest BCUT2D eigenvalue weighted by atomic mass is 10.3. The molecular weight excluding hydrogens is 246 g/mol. The Hall–Kier alpha value is 0.140. The molecule has 1 aromatic rings. The first-order valence-corrected chi connectivity index (χ1v) is 6.37. The highest BCUT2D eigenvalue weighted by Gasteiger charge is 2.31. The fraction of sp³-hybridized carbons (Fsp3) is 0.600. The van der Waals surface area contributed by atoms with Gasteiger partial charge in [-0.15, -0.1) is 11.3 Å². The molecule has 1 saturated carbocycles. The van der Waals surface area contributed by atoms with Crippen LogP contribution in [0.2, 0.25) is 0 Å². The highest BCUT2D eigenvalue weighted by molar-refractivity contribution is 9.10. The normalized spacial score (nSPS) is 26.3. The highest BCUT2D eigenvalue weighted by atomic mass is 79.9. The lowest BCUT2D eigenvalue weighted by Gasteiger charge is -2.01. The van der Waals surface area contributed by atoms with Crippen LogP contribution < -0.4 is 5.32 Å². The Morgan fingerprint density at radius 1 is 1.69 bits per heavy atom. The van der Waals surface area contributed by atoms with Crippen molar-refractivity contribution in [2.45, 2.75) is 19.9 Å². The third kappa shape index (κ3) is 2.55. The number of hydrogen-bond donors (Lipinski definition) is 1. The van der Waals surface area contributed by atoms with E-state index in [9.17, 15) is 0 Å². The Labute approximate surface area is 91.7 Å². The van der Waals surface area contributed by atoms with Crippen molar-refractivity contribution in [2.24, 2.45) is 11.8 Å². The Morgan fingerprint density at radius 3 is 3.00 bits per heavy atom. The zero-order chi connectivity index (χ0) is 9.26. The molecule has 0 bridgehead atoms. The number of thiophene rings is 1. The van der Waals surface area contributed by atoms with Gasteiger partial charge in [0.1, 0.15) is 0 Å². The zero-order valence-corrected chi connectivity index (χ0v) is 10.1. The van der Waals surface area contributed by atoms with Crippen LogP contribution in [-0.2, 0) is 6.54 Å². The lowest BCUT2D eigenvalue weighted by molar-refractivity contribution is 0.615. The van der Waals surface area contributed by atoms with Gasteiger partial charge in [0.25, 0.3) is 0 Å². The van der Waals surface area contributed by atoms with E-state index >= 15 is 0 Å². The Morgan fingerprint density at radius 2 is 2.46 bits per heavy atom. The minimum absolute atomic E-state index is 0.943. The largest absolute Gasteiger partial charge is 0.312 e. The van der Waals surface area contributed by atoms with Gasteiger partial charge in [-0.2, -0.15) is 0 Å². The summed E-state index contributed by atoms with van der Waals surface area (Å²) in [6.07, 6.45) is 1.42. The van der Waals surface area contributed by atoms with Crippen LogP contribution in [-0.4, -0.2) is 6.54 Å². The summed E-state index contributed by atoms with van der Waals surface area (Å²) in [5.41, 5.74) is 0. The molecule has 72 valence electrons. The molecule has 0 aromatic carbocycles. The second-order valence-corrected chi connectivity index (χ2v) is 5.65. The topological polar surface area (TPSA) is 12.0 Å². The molecule has 0 spiro atoms. The highest BCUT2D eigenvalue weighted by Crippen LogP contribution is 2.36. The minimum Gasteiger partial charge on any atom is -0.312 e. The first-order valence-electron chi connectivity index (χ1n) is 4.70. The Bertz CT molecular complexity index is 284. The molecule has 1 heterocycles. The van der Waals surface area contributed by atoms with Crippen LogP contribution in [0.25, 0.3) is 0 Å². The summed E-state index contributed by atoms with van der Waals surface area (Å²) in [4.78, 5) is 1.41. The summed E-state index contributed by atoms with van der Waals surface area (Å²) < 4.78 is 1.24. The average molecular weight is 260 g/mol. The van der Waals surface area contributed by atoms with Crippen molar-refractivity contribution in [1.29, 1.82) is 0 Å². The second kappa shape index (κ2) is 4.11. The SMILES string of the molecule is CC1CC1CNCc1sccc1Br. The van der Waals surface area contributed by atoms with E-state index in [1.54, 1.807) is 0 Å². The number of nitrogens with one attached hydrogen (secondary N) is 1. The maximum atomic E-state index is 3.53. The van der Waals surface area contributed by atoms with Crippen LogP contribution in [0.5, 0.6) is 0 Å². The molecule has 0 aliphatic heterocycles. The fourth-order valence-corrected chi connectivity index (χ4v) is 2.97. The van der Waals surface area contributed by atoms with Crippen LogP contribution in [0.15, 0.2) is 15.9 Å². The number of halogens is 1. The molecule has 1 aliphatic rings.